The molecule has 2 rings (SSSR count). The average molecular weight is 350 g/mol. The van der Waals surface area contributed by atoms with Crippen molar-refractivity contribution in [2.45, 2.75) is 52.0 Å². The molecule has 3 N–H and O–H groups in total. The first kappa shape index (κ1) is 16.1. The number of benzene rings is 1. The number of nitrogens with zero attached hydrogens (tertiary/aromatic N) is 1. The van der Waals surface area contributed by atoms with E-state index < -0.39 is 0 Å². The fraction of sp³-hybridized carbons (Fsp3) is 0.471. The molecule has 1 heterocycles. The van der Waals surface area contributed by atoms with E-state index in [9.17, 15) is 0 Å². The number of nitrogens with one attached hydrogen (secondary N) is 1. The standard InChI is InChI=1S/C17H24BrN3/c1-3-5-7-13(6-4-2)21-17-14-10-12(18)8-9-16(14)20-11-15(17)19/h8-11,13H,3-7,19H2,1-2H3,(H,20,21). The zero-order valence-corrected chi connectivity index (χ0v) is 14.4. The molecule has 4 heteroatoms. The molecule has 0 bridgehead atoms. The zero-order chi connectivity index (χ0) is 15.2. The zero-order valence-electron chi connectivity index (χ0n) is 12.8. The number of nitrogen functional groups attached to an aromatic ring is 1. The molecular formula is C17H24BrN3. The third-order valence-corrected chi connectivity index (χ3v) is 4.24. The van der Waals surface area contributed by atoms with Crippen LogP contribution in [0.4, 0.5) is 11.4 Å². The summed E-state index contributed by atoms with van der Waals surface area (Å²) in [6, 6.07) is 6.59. The van der Waals surface area contributed by atoms with Crippen LogP contribution in [0.1, 0.15) is 46.0 Å². The van der Waals surface area contributed by atoms with Crippen LogP contribution in [-0.2, 0) is 0 Å². The van der Waals surface area contributed by atoms with Crippen molar-refractivity contribution in [3.05, 3.63) is 28.9 Å². The van der Waals surface area contributed by atoms with Crippen LogP contribution in [0.15, 0.2) is 28.9 Å². The largest absolute Gasteiger partial charge is 0.396 e. The maximum absolute atomic E-state index is 6.17. The number of fused-ring (bicyclic) bond motifs is 1. The molecule has 0 aliphatic heterocycles. The lowest BCUT2D eigenvalue weighted by Crippen LogP contribution is -2.20. The van der Waals surface area contributed by atoms with Gasteiger partial charge in [-0.2, -0.15) is 0 Å². The van der Waals surface area contributed by atoms with Crippen LogP contribution in [0, 0.1) is 0 Å². The second kappa shape index (κ2) is 7.64. The Kier molecular flexibility index (Phi) is 5.85. The van der Waals surface area contributed by atoms with E-state index >= 15 is 0 Å². The third-order valence-electron chi connectivity index (χ3n) is 3.75. The minimum atomic E-state index is 0.474. The SMILES string of the molecule is CCCCC(CCC)Nc1c(N)cnc2ccc(Br)cc12. The average Bonchev–Trinajstić information content (AvgIpc) is 2.47. The van der Waals surface area contributed by atoms with E-state index in [0.29, 0.717) is 6.04 Å². The number of halogens is 1. The first-order chi connectivity index (χ1) is 10.2. The summed E-state index contributed by atoms with van der Waals surface area (Å²) in [5, 5.41) is 4.75. The van der Waals surface area contributed by atoms with Crippen LogP contribution in [0.3, 0.4) is 0 Å². The summed E-state index contributed by atoms with van der Waals surface area (Å²) in [4.78, 5) is 4.41. The maximum atomic E-state index is 6.17. The van der Waals surface area contributed by atoms with Gasteiger partial charge < -0.3 is 11.1 Å². The van der Waals surface area contributed by atoms with Crippen molar-refractivity contribution in [2.24, 2.45) is 0 Å². The monoisotopic (exact) mass is 349 g/mol. The lowest BCUT2D eigenvalue weighted by Gasteiger charge is -2.21. The number of rotatable bonds is 7. The molecule has 0 radical (unpaired) electrons. The van der Waals surface area contributed by atoms with E-state index in [1.54, 1.807) is 6.20 Å². The molecule has 0 aliphatic carbocycles. The predicted molar refractivity (Wildman–Crippen MR) is 95.7 cm³/mol. The van der Waals surface area contributed by atoms with Gasteiger partial charge in [-0.15, -0.1) is 0 Å². The van der Waals surface area contributed by atoms with Crippen molar-refractivity contribution in [1.29, 1.82) is 0 Å². The van der Waals surface area contributed by atoms with Crippen molar-refractivity contribution in [2.75, 3.05) is 11.1 Å². The summed E-state index contributed by atoms with van der Waals surface area (Å²) in [6.45, 7) is 4.46. The summed E-state index contributed by atoms with van der Waals surface area (Å²) in [5.74, 6) is 0. The fourth-order valence-corrected chi connectivity index (χ4v) is 2.99. The van der Waals surface area contributed by atoms with Crippen LogP contribution < -0.4 is 11.1 Å². The first-order valence-electron chi connectivity index (χ1n) is 7.76. The Labute approximate surface area is 135 Å². The molecule has 2 aromatic rings. The van der Waals surface area contributed by atoms with E-state index in [0.717, 1.165) is 33.2 Å². The molecule has 0 spiro atoms. The topological polar surface area (TPSA) is 50.9 Å². The van der Waals surface area contributed by atoms with Crippen molar-refractivity contribution < 1.29 is 0 Å². The number of pyridine rings is 1. The number of nitrogens with two attached hydrogens (primary N) is 1. The number of hydrogen-bond donors (Lipinski definition) is 2. The lowest BCUT2D eigenvalue weighted by atomic mass is 10.0. The highest BCUT2D eigenvalue weighted by Crippen LogP contribution is 2.31. The van der Waals surface area contributed by atoms with Crippen molar-refractivity contribution in [1.82, 2.24) is 4.98 Å². The van der Waals surface area contributed by atoms with Gasteiger partial charge >= 0.3 is 0 Å². The van der Waals surface area contributed by atoms with Crippen molar-refractivity contribution in [3.8, 4) is 0 Å². The number of anilines is 2. The molecule has 0 amide bonds. The lowest BCUT2D eigenvalue weighted by molar-refractivity contribution is 0.565. The van der Waals surface area contributed by atoms with Gasteiger partial charge in [-0.05, 0) is 31.0 Å². The van der Waals surface area contributed by atoms with E-state index in [-0.39, 0.29) is 0 Å². The van der Waals surface area contributed by atoms with Gasteiger partial charge in [0.2, 0.25) is 0 Å². The van der Waals surface area contributed by atoms with E-state index in [1.807, 2.05) is 12.1 Å². The molecule has 0 fully saturated rings. The second-order valence-corrected chi connectivity index (χ2v) is 6.44. The Bertz CT molecular complexity index is 593. The molecule has 0 saturated heterocycles. The van der Waals surface area contributed by atoms with E-state index in [2.05, 4.69) is 46.1 Å². The highest BCUT2D eigenvalue weighted by atomic mass is 79.9. The Morgan fingerprint density at radius 2 is 2.05 bits per heavy atom. The summed E-state index contributed by atoms with van der Waals surface area (Å²) in [7, 11) is 0. The van der Waals surface area contributed by atoms with Crippen molar-refractivity contribution in [3.63, 3.8) is 0 Å². The Balaban J connectivity index is 2.34. The summed E-state index contributed by atoms with van der Waals surface area (Å²) in [5.41, 5.74) is 8.89. The van der Waals surface area contributed by atoms with Gasteiger partial charge in [-0.3, -0.25) is 4.98 Å². The predicted octanol–water partition coefficient (Wildman–Crippen LogP) is 5.35. The fourth-order valence-electron chi connectivity index (χ4n) is 2.63. The number of hydrogen-bond acceptors (Lipinski definition) is 3. The second-order valence-electron chi connectivity index (χ2n) is 5.52. The van der Waals surface area contributed by atoms with Gasteiger partial charge in [-0.1, -0.05) is 49.0 Å². The van der Waals surface area contributed by atoms with E-state index in [4.69, 9.17) is 5.73 Å². The Morgan fingerprint density at radius 3 is 2.76 bits per heavy atom. The van der Waals surface area contributed by atoms with E-state index in [1.165, 1.54) is 25.7 Å². The van der Waals surface area contributed by atoms with Gasteiger partial charge in [0.25, 0.3) is 0 Å². The highest BCUT2D eigenvalue weighted by molar-refractivity contribution is 9.10. The third kappa shape index (κ3) is 4.10. The molecular weight excluding hydrogens is 326 g/mol. The molecule has 1 aromatic carbocycles. The quantitative estimate of drug-likeness (QED) is 0.708. The normalized spacial score (nSPS) is 12.5. The number of unbranched alkanes of at least 4 members (excludes halogenated alkanes) is 1. The van der Waals surface area contributed by atoms with Crippen molar-refractivity contribution >= 4 is 38.2 Å². The molecule has 0 saturated carbocycles. The van der Waals surface area contributed by atoms with Crippen LogP contribution >= 0.6 is 15.9 Å². The highest BCUT2D eigenvalue weighted by Gasteiger charge is 2.12. The van der Waals surface area contributed by atoms with Gasteiger partial charge in [0.05, 0.1) is 23.1 Å². The van der Waals surface area contributed by atoms with Gasteiger partial charge in [0.15, 0.2) is 0 Å². The summed E-state index contributed by atoms with van der Waals surface area (Å²) >= 11 is 3.53. The van der Waals surface area contributed by atoms with Gasteiger partial charge in [0, 0.05) is 15.9 Å². The molecule has 1 aromatic heterocycles. The number of aromatic nitrogens is 1. The van der Waals surface area contributed by atoms with Crippen LogP contribution in [0.5, 0.6) is 0 Å². The van der Waals surface area contributed by atoms with Crippen LogP contribution in [0.25, 0.3) is 10.9 Å². The molecule has 114 valence electrons. The van der Waals surface area contributed by atoms with Crippen LogP contribution in [0.2, 0.25) is 0 Å². The molecule has 0 aliphatic rings. The Morgan fingerprint density at radius 1 is 1.24 bits per heavy atom. The molecule has 1 unspecified atom stereocenters. The minimum absolute atomic E-state index is 0.474. The minimum Gasteiger partial charge on any atom is -0.396 e. The summed E-state index contributed by atoms with van der Waals surface area (Å²) < 4.78 is 1.05. The molecule has 21 heavy (non-hydrogen) atoms. The molecule has 1 atom stereocenters. The first-order valence-corrected chi connectivity index (χ1v) is 8.55. The van der Waals surface area contributed by atoms with Gasteiger partial charge in [0.1, 0.15) is 0 Å². The van der Waals surface area contributed by atoms with Gasteiger partial charge in [-0.25, -0.2) is 0 Å². The van der Waals surface area contributed by atoms with Crippen LogP contribution in [-0.4, -0.2) is 11.0 Å². The smallest absolute Gasteiger partial charge is 0.0743 e. The summed E-state index contributed by atoms with van der Waals surface area (Å²) in [6.07, 6.45) is 7.73. The maximum Gasteiger partial charge on any atom is 0.0743 e. The molecule has 3 nitrogen and oxygen atoms in total. The Hall–Kier alpha value is -1.29.